The van der Waals surface area contributed by atoms with Crippen LogP contribution in [0.1, 0.15) is 32.6 Å². The van der Waals surface area contributed by atoms with Gasteiger partial charge < -0.3 is 10.1 Å². The first-order chi connectivity index (χ1) is 8.24. The van der Waals surface area contributed by atoms with Gasteiger partial charge in [-0.1, -0.05) is 22.9 Å². The van der Waals surface area contributed by atoms with Crippen LogP contribution in [-0.2, 0) is 0 Å². The lowest BCUT2D eigenvalue weighted by Gasteiger charge is -2.42. The Morgan fingerprint density at radius 2 is 2.00 bits per heavy atom. The maximum atomic E-state index is 6.18. The van der Waals surface area contributed by atoms with E-state index < -0.39 is 0 Å². The zero-order chi connectivity index (χ0) is 12.1. The summed E-state index contributed by atoms with van der Waals surface area (Å²) < 4.78 is 7.28. The lowest BCUT2D eigenvalue weighted by molar-refractivity contribution is -0.0141. The summed E-state index contributed by atoms with van der Waals surface area (Å²) in [4.78, 5) is 0. The average Bonchev–Trinajstić information content (AvgIpc) is 2.29. The third kappa shape index (κ3) is 3.46. The molecule has 0 bridgehead atoms. The molecule has 2 nitrogen and oxygen atoms in total. The Morgan fingerprint density at radius 1 is 1.29 bits per heavy atom. The molecule has 1 fully saturated rings. The molecule has 0 atom stereocenters. The van der Waals surface area contributed by atoms with E-state index in [1.807, 2.05) is 24.3 Å². The van der Waals surface area contributed by atoms with Crippen molar-refractivity contribution in [1.82, 2.24) is 5.32 Å². The van der Waals surface area contributed by atoms with Gasteiger partial charge in [-0.15, -0.1) is 0 Å². The van der Waals surface area contributed by atoms with Gasteiger partial charge in [0.05, 0.1) is 0 Å². The van der Waals surface area contributed by atoms with Crippen molar-refractivity contribution in [1.29, 1.82) is 0 Å². The second kappa shape index (κ2) is 5.87. The Balaban J connectivity index is 1.92. The number of rotatable bonds is 6. The lowest BCUT2D eigenvalue weighted by Crippen LogP contribution is -2.45. The van der Waals surface area contributed by atoms with Crippen LogP contribution in [0.25, 0.3) is 0 Å². The van der Waals surface area contributed by atoms with Gasteiger partial charge in [-0.05, 0) is 63.0 Å². The Hall–Kier alpha value is -0.540. The molecule has 1 aromatic rings. The van der Waals surface area contributed by atoms with Gasteiger partial charge in [0.15, 0.2) is 0 Å². The molecule has 94 valence electrons. The van der Waals surface area contributed by atoms with E-state index in [9.17, 15) is 0 Å². The molecular weight excluding hydrogens is 278 g/mol. The van der Waals surface area contributed by atoms with Gasteiger partial charge in [0.2, 0.25) is 0 Å². The zero-order valence-electron chi connectivity index (χ0n) is 10.3. The minimum Gasteiger partial charge on any atom is -0.487 e. The van der Waals surface area contributed by atoms with E-state index in [-0.39, 0.29) is 5.60 Å². The Morgan fingerprint density at radius 3 is 2.53 bits per heavy atom. The van der Waals surface area contributed by atoms with Crippen LogP contribution in [0.15, 0.2) is 28.7 Å². The molecule has 0 aliphatic heterocycles. The summed E-state index contributed by atoms with van der Waals surface area (Å²) in [5.41, 5.74) is 0.0933. The number of hydrogen-bond donors (Lipinski definition) is 1. The van der Waals surface area contributed by atoms with Crippen molar-refractivity contribution >= 4 is 15.9 Å². The van der Waals surface area contributed by atoms with E-state index in [2.05, 4.69) is 28.2 Å². The van der Waals surface area contributed by atoms with Gasteiger partial charge in [0.25, 0.3) is 0 Å². The SMILES string of the molecule is CCNCCC1(Oc2ccc(Br)cc2)CCC1. The fraction of sp³-hybridized carbons (Fsp3) is 0.571. The van der Waals surface area contributed by atoms with Crippen molar-refractivity contribution in [2.24, 2.45) is 0 Å². The summed E-state index contributed by atoms with van der Waals surface area (Å²) in [7, 11) is 0. The van der Waals surface area contributed by atoms with Crippen LogP contribution in [0.5, 0.6) is 5.75 Å². The number of nitrogens with one attached hydrogen (secondary N) is 1. The molecule has 0 saturated heterocycles. The summed E-state index contributed by atoms with van der Waals surface area (Å²) in [5, 5.41) is 3.38. The largest absolute Gasteiger partial charge is 0.487 e. The fourth-order valence-corrected chi connectivity index (χ4v) is 2.48. The molecule has 1 aliphatic carbocycles. The number of benzene rings is 1. The molecule has 0 amide bonds. The van der Waals surface area contributed by atoms with Crippen LogP contribution in [0.4, 0.5) is 0 Å². The highest BCUT2D eigenvalue weighted by molar-refractivity contribution is 9.10. The standard InChI is InChI=1S/C14H20BrNO/c1-2-16-11-10-14(8-3-9-14)17-13-6-4-12(15)5-7-13/h4-7,16H,2-3,8-11H2,1H3. The summed E-state index contributed by atoms with van der Waals surface area (Å²) in [6, 6.07) is 8.15. The van der Waals surface area contributed by atoms with E-state index in [4.69, 9.17) is 4.74 Å². The second-order valence-electron chi connectivity index (χ2n) is 4.70. The van der Waals surface area contributed by atoms with E-state index in [1.54, 1.807) is 0 Å². The highest BCUT2D eigenvalue weighted by Gasteiger charge is 2.38. The predicted octanol–water partition coefficient (Wildman–Crippen LogP) is 3.75. The van der Waals surface area contributed by atoms with Crippen LogP contribution in [-0.4, -0.2) is 18.7 Å². The van der Waals surface area contributed by atoms with Crippen LogP contribution >= 0.6 is 15.9 Å². The third-order valence-corrected chi connectivity index (χ3v) is 3.95. The highest BCUT2D eigenvalue weighted by Crippen LogP contribution is 2.39. The quantitative estimate of drug-likeness (QED) is 0.808. The molecule has 0 unspecified atom stereocenters. The smallest absolute Gasteiger partial charge is 0.120 e. The second-order valence-corrected chi connectivity index (χ2v) is 5.61. The van der Waals surface area contributed by atoms with Crippen LogP contribution in [0.2, 0.25) is 0 Å². The molecule has 0 spiro atoms. The Bertz CT molecular complexity index is 346. The highest BCUT2D eigenvalue weighted by atomic mass is 79.9. The maximum absolute atomic E-state index is 6.18. The van der Waals surface area contributed by atoms with Gasteiger partial charge >= 0.3 is 0 Å². The monoisotopic (exact) mass is 297 g/mol. The molecular formula is C14H20BrNO. The van der Waals surface area contributed by atoms with Gasteiger partial charge in [-0.25, -0.2) is 0 Å². The molecule has 1 N–H and O–H groups in total. The molecule has 1 aliphatic rings. The number of ether oxygens (including phenoxy) is 1. The molecule has 0 radical (unpaired) electrons. The molecule has 17 heavy (non-hydrogen) atoms. The summed E-state index contributed by atoms with van der Waals surface area (Å²) >= 11 is 3.44. The van der Waals surface area contributed by atoms with E-state index >= 15 is 0 Å². The van der Waals surface area contributed by atoms with Gasteiger partial charge in [0.1, 0.15) is 11.4 Å². The molecule has 1 aromatic carbocycles. The topological polar surface area (TPSA) is 21.3 Å². The van der Waals surface area contributed by atoms with Gasteiger partial charge in [-0.3, -0.25) is 0 Å². The summed E-state index contributed by atoms with van der Waals surface area (Å²) in [6.07, 6.45) is 4.78. The van der Waals surface area contributed by atoms with Crippen molar-refractivity contribution in [3.63, 3.8) is 0 Å². The van der Waals surface area contributed by atoms with E-state index in [0.717, 1.165) is 29.7 Å². The van der Waals surface area contributed by atoms with Crippen molar-refractivity contribution in [3.8, 4) is 5.75 Å². The Kier molecular flexibility index (Phi) is 4.46. The fourth-order valence-electron chi connectivity index (χ4n) is 2.22. The third-order valence-electron chi connectivity index (χ3n) is 3.42. The average molecular weight is 298 g/mol. The molecule has 2 rings (SSSR count). The van der Waals surface area contributed by atoms with Crippen molar-refractivity contribution < 1.29 is 4.74 Å². The Labute approximate surface area is 112 Å². The normalized spacial score (nSPS) is 17.5. The van der Waals surface area contributed by atoms with Crippen molar-refractivity contribution in [2.75, 3.05) is 13.1 Å². The molecule has 0 heterocycles. The number of halogens is 1. The summed E-state index contributed by atoms with van der Waals surface area (Å²) in [5.74, 6) is 0.990. The zero-order valence-corrected chi connectivity index (χ0v) is 11.9. The van der Waals surface area contributed by atoms with E-state index in [0.29, 0.717) is 0 Å². The van der Waals surface area contributed by atoms with Gasteiger partial charge in [0, 0.05) is 4.47 Å². The van der Waals surface area contributed by atoms with Crippen LogP contribution in [0.3, 0.4) is 0 Å². The predicted molar refractivity (Wildman–Crippen MR) is 74.5 cm³/mol. The van der Waals surface area contributed by atoms with Crippen molar-refractivity contribution in [3.05, 3.63) is 28.7 Å². The van der Waals surface area contributed by atoms with E-state index in [1.165, 1.54) is 19.3 Å². The van der Waals surface area contributed by atoms with Crippen LogP contribution < -0.4 is 10.1 Å². The van der Waals surface area contributed by atoms with Crippen molar-refractivity contribution in [2.45, 2.75) is 38.2 Å². The first-order valence-electron chi connectivity index (χ1n) is 6.39. The minimum absolute atomic E-state index is 0.0933. The van der Waals surface area contributed by atoms with Crippen LogP contribution in [0, 0.1) is 0 Å². The maximum Gasteiger partial charge on any atom is 0.120 e. The molecule has 3 heteroatoms. The lowest BCUT2D eigenvalue weighted by atomic mass is 9.77. The first kappa shape index (κ1) is 12.9. The molecule has 1 saturated carbocycles. The summed E-state index contributed by atoms with van der Waals surface area (Å²) in [6.45, 7) is 4.23. The van der Waals surface area contributed by atoms with Gasteiger partial charge in [-0.2, -0.15) is 0 Å². The molecule has 0 aromatic heterocycles. The minimum atomic E-state index is 0.0933. The number of hydrogen-bond acceptors (Lipinski definition) is 2. The first-order valence-corrected chi connectivity index (χ1v) is 7.19.